The van der Waals surface area contributed by atoms with Crippen LogP contribution in [0.15, 0.2) is 40.9 Å². The van der Waals surface area contributed by atoms with Crippen molar-refractivity contribution in [3.05, 3.63) is 46.7 Å². The second kappa shape index (κ2) is 5.20. The Morgan fingerprint density at radius 1 is 1.10 bits per heavy atom. The summed E-state index contributed by atoms with van der Waals surface area (Å²) < 4.78 is 2.92. The van der Waals surface area contributed by atoms with Crippen molar-refractivity contribution >= 4 is 21.6 Å². The van der Waals surface area contributed by atoms with Crippen LogP contribution >= 0.6 is 15.9 Å². The van der Waals surface area contributed by atoms with Gasteiger partial charge < -0.3 is 5.32 Å². The SMILES string of the molecule is Brc1ccc(-c2ccc3nnc(C4CCCN4)n3n2)cc1. The second-order valence-electron chi connectivity index (χ2n) is 5.20. The van der Waals surface area contributed by atoms with E-state index in [4.69, 9.17) is 5.10 Å². The van der Waals surface area contributed by atoms with Gasteiger partial charge in [-0.1, -0.05) is 28.1 Å². The van der Waals surface area contributed by atoms with E-state index in [2.05, 4.69) is 43.6 Å². The maximum absolute atomic E-state index is 4.72. The maximum atomic E-state index is 4.72. The number of aromatic nitrogens is 4. The fourth-order valence-electron chi connectivity index (χ4n) is 2.70. The number of rotatable bonds is 2. The molecule has 6 heteroatoms. The van der Waals surface area contributed by atoms with Crippen LogP contribution in [0.4, 0.5) is 0 Å². The Bertz CT molecular complexity index is 774. The van der Waals surface area contributed by atoms with Gasteiger partial charge in [0.25, 0.3) is 0 Å². The molecule has 2 aromatic heterocycles. The molecule has 3 aromatic rings. The van der Waals surface area contributed by atoms with Crippen LogP contribution in [0.3, 0.4) is 0 Å². The summed E-state index contributed by atoms with van der Waals surface area (Å²) in [4.78, 5) is 0. The molecular weight excluding hydrogens is 330 g/mol. The van der Waals surface area contributed by atoms with Crippen LogP contribution in [0, 0.1) is 0 Å². The monoisotopic (exact) mass is 343 g/mol. The van der Waals surface area contributed by atoms with Gasteiger partial charge in [-0.05, 0) is 43.7 Å². The quantitative estimate of drug-likeness (QED) is 0.777. The van der Waals surface area contributed by atoms with E-state index in [1.54, 1.807) is 0 Å². The lowest BCUT2D eigenvalue weighted by molar-refractivity contribution is 0.585. The molecule has 1 saturated heterocycles. The summed E-state index contributed by atoms with van der Waals surface area (Å²) in [7, 11) is 0. The Hall–Kier alpha value is -1.79. The lowest BCUT2D eigenvalue weighted by Gasteiger charge is -2.08. The number of benzene rings is 1. The van der Waals surface area contributed by atoms with Crippen molar-refractivity contribution in [2.45, 2.75) is 18.9 Å². The molecule has 1 aliphatic heterocycles. The van der Waals surface area contributed by atoms with E-state index in [1.807, 2.05) is 28.8 Å². The van der Waals surface area contributed by atoms with Gasteiger partial charge in [0.05, 0.1) is 11.7 Å². The van der Waals surface area contributed by atoms with Crippen LogP contribution in [0.25, 0.3) is 16.9 Å². The highest BCUT2D eigenvalue weighted by Gasteiger charge is 2.22. The predicted molar refractivity (Wildman–Crippen MR) is 83.9 cm³/mol. The minimum Gasteiger partial charge on any atom is -0.307 e. The summed E-state index contributed by atoms with van der Waals surface area (Å²) >= 11 is 3.45. The number of nitrogens with one attached hydrogen (secondary N) is 1. The highest BCUT2D eigenvalue weighted by Crippen LogP contribution is 2.24. The normalized spacial score (nSPS) is 18.4. The lowest BCUT2D eigenvalue weighted by Crippen LogP contribution is -2.16. The minimum absolute atomic E-state index is 0.257. The molecule has 1 N–H and O–H groups in total. The highest BCUT2D eigenvalue weighted by atomic mass is 79.9. The Labute approximate surface area is 130 Å². The van der Waals surface area contributed by atoms with Crippen molar-refractivity contribution in [1.29, 1.82) is 0 Å². The van der Waals surface area contributed by atoms with Gasteiger partial charge in [0.1, 0.15) is 0 Å². The molecule has 0 spiro atoms. The van der Waals surface area contributed by atoms with Gasteiger partial charge >= 0.3 is 0 Å². The third kappa shape index (κ3) is 2.34. The molecule has 1 fully saturated rings. The lowest BCUT2D eigenvalue weighted by atomic mass is 10.1. The number of nitrogens with zero attached hydrogens (tertiary/aromatic N) is 4. The second-order valence-corrected chi connectivity index (χ2v) is 6.12. The first kappa shape index (κ1) is 12.9. The average molecular weight is 344 g/mol. The summed E-state index contributed by atoms with van der Waals surface area (Å²) in [6.45, 7) is 1.03. The number of hydrogen-bond acceptors (Lipinski definition) is 4. The first-order chi connectivity index (χ1) is 10.3. The summed E-state index contributed by atoms with van der Waals surface area (Å²) in [6.07, 6.45) is 2.26. The topological polar surface area (TPSA) is 55.1 Å². The fourth-order valence-corrected chi connectivity index (χ4v) is 2.97. The van der Waals surface area contributed by atoms with Gasteiger partial charge in [-0.2, -0.15) is 9.61 Å². The van der Waals surface area contributed by atoms with Gasteiger partial charge in [-0.3, -0.25) is 0 Å². The van der Waals surface area contributed by atoms with Crippen LogP contribution in [-0.4, -0.2) is 26.4 Å². The zero-order chi connectivity index (χ0) is 14.2. The van der Waals surface area contributed by atoms with Crippen molar-refractivity contribution in [2.75, 3.05) is 6.54 Å². The van der Waals surface area contributed by atoms with E-state index in [0.29, 0.717) is 0 Å². The van der Waals surface area contributed by atoms with Crippen LogP contribution in [0.2, 0.25) is 0 Å². The Morgan fingerprint density at radius 2 is 1.95 bits per heavy atom. The molecular formula is C15H14BrN5. The van der Waals surface area contributed by atoms with E-state index in [0.717, 1.165) is 40.2 Å². The third-order valence-electron chi connectivity index (χ3n) is 3.80. The van der Waals surface area contributed by atoms with Gasteiger partial charge in [-0.15, -0.1) is 10.2 Å². The average Bonchev–Trinajstić information content (AvgIpc) is 3.16. The maximum Gasteiger partial charge on any atom is 0.178 e. The molecule has 1 atom stereocenters. The standard InChI is InChI=1S/C15H14BrN5/c16-11-5-3-10(4-6-11)12-7-8-14-18-19-15(21(14)20-12)13-2-1-9-17-13/h3-8,13,17H,1-2,9H2. The van der Waals surface area contributed by atoms with Crippen molar-refractivity contribution < 1.29 is 0 Å². The van der Waals surface area contributed by atoms with Crippen molar-refractivity contribution in [3.8, 4) is 11.3 Å². The third-order valence-corrected chi connectivity index (χ3v) is 4.33. The molecule has 0 bridgehead atoms. The zero-order valence-electron chi connectivity index (χ0n) is 11.3. The molecule has 0 saturated carbocycles. The summed E-state index contributed by atoms with van der Waals surface area (Å²) in [5.41, 5.74) is 2.80. The van der Waals surface area contributed by atoms with E-state index in [9.17, 15) is 0 Å². The molecule has 5 nitrogen and oxygen atoms in total. The minimum atomic E-state index is 0.257. The number of hydrogen-bond donors (Lipinski definition) is 1. The molecule has 0 aliphatic carbocycles. The first-order valence-corrected chi connectivity index (χ1v) is 7.82. The van der Waals surface area contributed by atoms with Gasteiger partial charge in [0, 0.05) is 10.0 Å². The van der Waals surface area contributed by atoms with Crippen molar-refractivity contribution in [1.82, 2.24) is 25.1 Å². The predicted octanol–water partition coefficient (Wildman–Crippen LogP) is 2.98. The molecule has 21 heavy (non-hydrogen) atoms. The van der Waals surface area contributed by atoms with Crippen molar-refractivity contribution in [2.24, 2.45) is 0 Å². The van der Waals surface area contributed by atoms with Gasteiger partial charge in [0.15, 0.2) is 11.5 Å². The van der Waals surface area contributed by atoms with Gasteiger partial charge in [0.2, 0.25) is 0 Å². The Morgan fingerprint density at radius 3 is 2.71 bits per heavy atom. The van der Waals surface area contributed by atoms with Gasteiger partial charge in [-0.25, -0.2) is 0 Å². The molecule has 1 unspecified atom stereocenters. The van der Waals surface area contributed by atoms with E-state index < -0.39 is 0 Å². The molecule has 4 rings (SSSR count). The number of halogens is 1. The Kier molecular flexibility index (Phi) is 3.20. The van der Waals surface area contributed by atoms with E-state index in [1.165, 1.54) is 6.42 Å². The molecule has 3 heterocycles. The molecule has 0 radical (unpaired) electrons. The van der Waals surface area contributed by atoms with E-state index in [-0.39, 0.29) is 6.04 Å². The largest absolute Gasteiger partial charge is 0.307 e. The molecule has 1 aliphatic rings. The van der Waals surface area contributed by atoms with Crippen LogP contribution < -0.4 is 5.32 Å². The molecule has 1 aromatic carbocycles. The fraction of sp³-hybridized carbons (Fsp3) is 0.267. The number of fused-ring (bicyclic) bond motifs is 1. The summed E-state index contributed by atoms with van der Waals surface area (Å²) in [5, 5.41) is 16.7. The first-order valence-electron chi connectivity index (χ1n) is 7.03. The Balaban J connectivity index is 1.80. The highest BCUT2D eigenvalue weighted by molar-refractivity contribution is 9.10. The molecule has 106 valence electrons. The van der Waals surface area contributed by atoms with Crippen LogP contribution in [0.1, 0.15) is 24.7 Å². The van der Waals surface area contributed by atoms with Crippen LogP contribution in [0.5, 0.6) is 0 Å². The smallest absolute Gasteiger partial charge is 0.178 e. The van der Waals surface area contributed by atoms with E-state index >= 15 is 0 Å². The van der Waals surface area contributed by atoms with Crippen LogP contribution in [-0.2, 0) is 0 Å². The van der Waals surface area contributed by atoms with Crippen molar-refractivity contribution in [3.63, 3.8) is 0 Å². The summed E-state index contributed by atoms with van der Waals surface area (Å²) in [6, 6.07) is 12.4. The molecule has 0 amide bonds. The zero-order valence-corrected chi connectivity index (χ0v) is 12.9. The summed E-state index contributed by atoms with van der Waals surface area (Å²) in [5.74, 6) is 0.904.